The largest absolute Gasteiger partial charge is 0.508 e. The first-order valence-electron chi connectivity index (χ1n) is 9.35. The third-order valence-electron chi connectivity index (χ3n) is 4.18. The minimum atomic E-state index is -1.25. The average molecular weight is 438 g/mol. The summed E-state index contributed by atoms with van der Waals surface area (Å²) in [5.74, 6) is -4.58. The van der Waals surface area contributed by atoms with Gasteiger partial charge in [-0.3, -0.25) is 24.0 Å². The molecule has 0 aromatic heterocycles. The zero-order valence-electron chi connectivity index (χ0n) is 16.8. The first-order valence-corrected chi connectivity index (χ1v) is 9.35. The van der Waals surface area contributed by atoms with Gasteiger partial charge in [-0.05, 0) is 31.0 Å². The van der Waals surface area contributed by atoms with Gasteiger partial charge in [0.15, 0.2) is 0 Å². The quantitative estimate of drug-likeness (QED) is 0.198. The van der Waals surface area contributed by atoms with E-state index in [0.717, 1.165) is 0 Å². The topological polar surface area (TPSA) is 208 Å². The number of rotatable bonds is 12. The van der Waals surface area contributed by atoms with E-state index in [1.807, 2.05) is 0 Å². The van der Waals surface area contributed by atoms with E-state index in [1.165, 1.54) is 31.2 Å². The Bertz CT molecular complexity index is 812. The van der Waals surface area contributed by atoms with Gasteiger partial charge in [-0.1, -0.05) is 12.1 Å². The van der Waals surface area contributed by atoms with Crippen LogP contribution < -0.4 is 21.7 Å². The third-order valence-corrected chi connectivity index (χ3v) is 4.18. The number of phenolic OH excluding ortho intramolecular Hbond substituents is 1. The minimum Gasteiger partial charge on any atom is -0.508 e. The molecule has 3 atom stereocenters. The zero-order chi connectivity index (χ0) is 23.6. The number of benzene rings is 1. The Kier molecular flexibility index (Phi) is 9.92. The summed E-state index contributed by atoms with van der Waals surface area (Å²) in [6.45, 7) is 0.720. The standard InChI is InChI=1S/C19H26N4O8/c1-10(17(29)21-9-16(27)28)22-19(31)14(8-11-2-4-12(24)5-3-11)23-18(30)13(20)6-7-15(25)26/h2-5,10,13-14,24H,6-9,20H2,1H3,(H,21,29)(H,22,31)(H,23,30)(H,25,26)(H,27,28)/t10-,13-,14-/m0/s1. The lowest BCUT2D eigenvalue weighted by atomic mass is 10.0. The van der Waals surface area contributed by atoms with E-state index in [0.29, 0.717) is 5.56 Å². The van der Waals surface area contributed by atoms with Crippen molar-refractivity contribution in [1.82, 2.24) is 16.0 Å². The number of carbonyl (C=O) groups excluding carboxylic acids is 3. The lowest BCUT2D eigenvalue weighted by Crippen LogP contribution is -2.56. The molecule has 0 bridgehead atoms. The number of hydrogen-bond acceptors (Lipinski definition) is 7. The van der Waals surface area contributed by atoms with E-state index in [4.69, 9.17) is 15.9 Å². The normalized spacial score (nSPS) is 13.4. The molecule has 0 aliphatic heterocycles. The van der Waals surface area contributed by atoms with Crippen molar-refractivity contribution in [2.45, 2.75) is 44.3 Å². The predicted molar refractivity (Wildman–Crippen MR) is 107 cm³/mol. The number of carboxylic acid groups (broad SMARTS) is 2. The molecule has 0 radical (unpaired) electrons. The zero-order valence-corrected chi connectivity index (χ0v) is 16.8. The SMILES string of the molecule is C[C@H](NC(=O)[C@H](Cc1ccc(O)cc1)NC(=O)[C@@H](N)CCC(=O)O)C(=O)NCC(=O)O. The molecule has 0 spiro atoms. The molecule has 31 heavy (non-hydrogen) atoms. The second-order valence-electron chi connectivity index (χ2n) is 6.81. The molecular formula is C19H26N4O8. The Labute approximate surface area is 177 Å². The van der Waals surface area contributed by atoms with Gasteiger partial charge in [-0.2, -0.15) is 0 Å². The van der Waals surface area contributed by atoms with Crippen molar-refractivity contribution in [2.75, 3.05) is 6.54 Å². The summed E-state index contributed by atoms with van der Waals surface area (Å²) in [7, 11) is 0. The van der Waals surface area contributed by atoms with E-state index in [1.54, 1.807) is 0 Å². The van der Waals surface area contributed by atoms with Gasteiger partial charge in [0.1, 0.15) is 24.4 Å². The summed E-state index contributed by atoms with van der Waals surface area (Å²) in [6, 6.07) is 2.45. The highest BCUT2D eigenvalue weighted by Gasteiger charge is 2.27. The van der Waals surface area contributed by atoms with E-state index in [2.05, 4.69) is 16.0 Å². The maximum atomic E-state index is 12.7. The number of nitrogens with two attached hydrogens (primary N) is 1. The molecule has 1 aromatic rings. The molecule has 0 heterocycles. The average Bonchev–Trinajstić information content (AvgIpc) is 2.70. The Morgan fingerprint density at radius 3 is 2.10 bits per heavy atom. The van der Waals surface area contributed by atoms with Crippen molar-refractivity contribution in [2.24, 2.45) is 5.73 Å². The number of hydrogen-bond donors (Lipinski definition) is 7. The van der Waals surface area contributed by atoms with Crippen LogP contribution in [-0.2, 0) is 30.4 Å². The van der Waals surface area contributed by atoms with E-state index < -0.39 is 54.3 Å². The molecule has 0 saturated carbocycles. The molecule has 12 heteroatoms. The number of amides is 3. The molecule has 12 nitrogen and oxygen atoms in total. The van der Waals surface area contributed by atoms with Crippen LogP contribution in [0.5, 0.6) is 5.75 Å². The molecule has 1 rings (SSSR count). The van der Waals surface area contributed by atoms with Crippen molar-refractivity contribution in [3.63, 3.8) is 0 Å². The summed E-state index contributed by atoms with van der Waals surface area (Å²) in [5.41, 5.74) is 6.27. The van der Waals surface area contributed by atoms with Crippen LogP contribution in [-0.4, -0.2) is 69.7 Å². The minimum absolute atomic E-state index is 0.00698. The first-order chi connectivity index (χ1) is 14.5. The van der Waals surface area contributed by atoms with Gasteiger partial charge in [0, 0.05) is 12.8 Å². The first kappa shape index (κ1) is 25.4. The molecule has 0 fully saturated rings. The Hall–Kier alpha value is -3.67. The van der Waals surface area contributed by atoms with Gasteiger partial charge in [-0.25, -0.2) is 0 Å². The molecule has 0 saturated heterocycles. The second-order valence-corrected chi connectivity index (χ2v) is 6.81. The van der Waals surface area contributed by atoms with Crippen LogP contribution in [0.4, 0.5) is 0 Å². The highest BCUT2D eigenvalue weighted by atomic mass is 16.4. The lowest BCUT2D eigenvalue weighted by Gasteiger charge is -2.22. The monoisotopic (exact) mass is 438 g/mol. The lowest BCUT2D eigenvalue weighted by molar-refractivity contribution is -0.139. The van der Waals surface area contributed by atoms with Crippen molar-refractivity contribution in [3.8, 4) is 5.75 Å². The summed E-state index contributed by atoms with van der Waals surface area (Å²) in [4.78, 5) is 58.1. The summed E-state index contributed by atoms with van der Waals surface area (Å²) in [6.07, 6.45) is -0.472. The third kappa shape index (κ3) is 9.58. The van der Waals surface area contributed by atoms with Gasteiger partial charge in [-0.15, -0.1) is 0 Å². The van der Waals surface area contributed by atoms with E-state index >= 15 is 0 Å². The summed E-state index contributed by atoms with van der Waals surface area (Å²) < 4.78 is 0. The second kappa shape index (κ2) is 12.1. The molecule has 1 aromatic carbocycles. The molecule has 0 unspecified atom stereocenters. The number of aromatic hydroxyl groups is 1. The van der Waals surface area contributed by atoms with Gasteiger partial charge in [0.05, 0.1) is 6.04 Å². The molecule has 3 amide bonds. The van der Waals surface area contributed by atoms with Crippen molar-refractivity contribution in [1.29, 1.82) is 0 Å². The van der Waals surface area contributed by atoms with Crippen LogP contribution in [0.15, 0.2) is 24.3 Å². The van der Waals surface area contributed by atoms with Crippen LogP contribution in [0.25, 0.3) is 0 Å². The van der Waals surface area contributed by atoms with Crippen LogP contribution in [0.3, 0.4) is 0 Å². The number of carboxylic acids is 2. The molecule has 0 aliphatic rings. The number of aliphatic carboxylic acids is 2. The van der Waals surface area contributed by atoms with Crippen LogP contribution in [0.1, 0.15) is 25.3 Å². The fourth-order valence-corrected chi connectivity index (χ4v) is 2.46. The van der Waals surface area contributed by atoms with Gasteiger partial charge >= 0.3 is 11.9 Å². The fraction of sp³-hybridized carbons (Fsp3) is 0.421. The molecule has 170 valence electrons. The van der Waals surface area contributed by atoms with Crippen molar-refractivity contribution >= 4 is 29.7 Å². The maximum Gasteiger partial charge on any atom is 0.322 e. The number of nitrogens with one attached hydrogen (secondary N) is 3. The fourth-order valence-electron chi connectivity index (χ4n) is 2.46. The van der Waals surface area contributed by atoms with Crippen molar-refractivity contribution in [3.05, 3.63) is 29.8 Å². The predicted octanol–water partition coefficient (Wildman–Crippen LogP) is -1.68. The summed E-state index contributed by atoms with van der Waals surface area (Å²) in [5, 5.41) is 33.7. The highest BCUT2D eigenvalue weighted by Crippen LogP contribution is 2.12. The van der Waals surface area contributed by atoms with Gasteiger partial charge in [0.25, 0.3) is 0 Å². The molecule has 0 aliphatic carbocycles. The molecular weight excluding hydrogens is 412 g/mol. The maximum absolute atomic E-state index is 12.7. The van der Waals surface area contributed by atoms with Crippen LogP contribution in [0.2, 0.25) is 0 Å². The smallest absolute Gasteiger partial charge is 0.322 e. The Morgan fingerprint density at radius 1 is 0.935 bits per heavy atom. The van der Waals surface area contributed by atoms with Crippen LogP contribution in [0, 0.1) is 0 Å². The summed E-state index contributed by atoms with van der Waals surface area (Å²) >= 11 is 0. The van der Waals surface area contributed by atoms with E-state index in [-0.39, 0.29) is 25.0 Å². The number of phenols is 1. The van der Waals surface area contributed by atoms with Crippen LogP contribution >= 0.6 is 0 Å². The van der Waals surface area contributed by atoms with Gasteiger partial charge < -0.3 is 37.0 Å². The highest BCUT2D eigenvalue weighted by molar-refractivity contribution is 5.93. The Balaban J connectivity index is 2.87. The Morgan fingerprint density at radius 2 is 1.55 bits per heavy atom. The van der Waals surface area contributed by atoms with E-state index in [9.17, 15) is 29.1 Å². The van der Waals surface area contributed by atoms with Gasteiger partial charge in [0.2, 0.25) is 17.7 Å². The number of carbonyl (C=O) groups is 5. The van der Waals surface area contributed by atoms with Crippen molar-refractivity contribution < 1.29 is 39.3 Å². The molecule has 8 N–H and O–H groups in total.